The van der Waals surface area contributed by atoms with Crippen molar-refractivity contribution in [3.05, 3.63) is 0 Å². The van der Waals surface area contributed by atoms with Crippen LogP contribution in [0.25, 0.3) is 0 Å². The quantitative estimate of drug-likeness (QED) is 0.137. The van der Waals surface area contributed by atoms with Crippen molar-refractivity contribution in [3.63, 3.8) is 0 Å². The largest absolute Gasteiger partial charge is 0.522 e. The minimum absolute atomic E-state index is 0. The Morgan fingerprint density at radius 1 is 0.639 bits per heavy atom. The van der Waals surface area contributed by atoms with Crippen LogP contribution >= 0.6 is 9.50 Å². The summed E-state index contributed by atoms with van der Waals surface area (Å²) in [5.74, 6) is -1.14. The molecular formula is C26H58F7OPV. The van der Waals surface area contributed by atoms with E-state index in [1.807, 2.05) is 6.92 Å². The molecule has 0 aliphatic heterocycles. The molecule has 3 atom stereocenters. The van der Waals surface area contributed by atoms with E-state index in [-0.39, 0.29) is 25.0 Å². The van der Waals surface area contributed by atoms with Gasteiger partial charge in [-0.2, -0.15) is 13.2 Å². The van der Waals surface area contributed by atoms with Crippen molar-refractivity contribution in [2.75, 3.05) is 0 Å². The Bertz CT molecular complexity index is 340. The smallest absolute Gasteiger partial charge is 0.289 e. The molecule has 0 aliphatic carbocycles. The number of rotatable bonds is 10. The summed E-state index contributed by atoms with van der Waals surface area (Å²) in [6.07, 6.45) is 3.62. The van der Waals surface area contributed by atoms with Gasteiger partial charge in [0, 0.05) is 18.6 Å². The summed E-state index contributed by atoms with van der Waals surface area (Å²) in [7, 11) is -1.17. The molecule has 0 rings (SSSR count). The van der Waals surface area contributed by atoms with Crippen LogP contribution in [0.5, 0.6) is 0 Å². The summed E-state index contributed by atoms with van der Waals surface area (Å²) in [6, 6.07) is 0. The van der Waals surface area contributed by atoms with Crippen LogP contribution in [0, 0.1) is 5.92 Å². The number of ether oxygens (including phenoxy) is 1. The number of unbranched alkanes of at least 4 members (excludes halogenated alkanes) is 5. The Labute approximate surface area is 235 Å². The van der Waals surface area contributed by atoms with E-state index >= 15 is 0 Å². The molecule has 0 fully saturated rings. The molecule has 0 saturated carbocycles. The maximum Gasteiger partial charge on any atom is 0.522 e. The third kappa shape index (κ3) is 76.5. The van der Waals surface area contributed by atoms with Gasteiger partial charge >= 0.3 is 12.5 Å². The Kier molecular flexibility index (Phi) is 58.5. The van der Waals surface area contributed by atoms with Gasteiger partial charge in [-0.25, -0.2) is 4.20 Å². The van der Waals surface area contributed by atoms with Crippen molar-refractivity contribution >= 4 is 9.50 Å². The van der Waals surface area contributed by atoms with Gasteiger partial charge in [-0.05, 0) is 19.8 Å². The molecule has 10 heteroatoms. The molecular weight excluding hydrogens is 543 g/mol. The van der Waals surface area contributed by atoms with E-state index in [2.05, 4.69) is 46.3 Å². The van der Waals surface area contributed by atoms with E-state index in [1.165, 1.54) is 65.2 Å². The first kappa shape index (κ1) is 49.4. The van der Waals surface area contributed by atoms with Crippen LogP contribution in [0.4, 0.5) is 30.5 Å². The van der Waals surface area contributed by atoms with Crippen LogP contribution in [-0.4, -0.2) is 19.9 Å². The Morgan fingerprint density at radius 2 is 0.944 bits per heavy atom. The Morgan fingerprint density at radius 3 is 1.08 bits per heavy atom. The van der Waals surface area contributed by atoms with E-state index in [1.54, 1.807) is 6.92 Å². The molecule has 0 heterocycles. The fraction of sp³-hybridized carbons (Fsp3) is 1.00. The molecule has 0 aromatic heterocycles. The Balaban J connectivity index is -0.0000000613. The van der Waals surface area contributed by atoms with Crippen molar-refractivity contribution in [2.24, 2.45) is 5.92 Å². The molecule has 0 aromatic carbocycles. The normalized spacial score (nSPS) is 12.2. The molecule has 0 amide bonds. The molecule has 0 aromatic rings. The van der Waals surface area contributed by atoms with E-state index in [9.17, 15) is 30.5 Å². The fourth-order valence-corrected chi connectivity index (χ4v) is 1.79. The van der Waals surface area contributed by atoms with Crippen molar-refractivity contribution in [1.29, 1.82) is 1.28 Å². The van der Waals surface area contributed by atoms with Crippen LogP contribution in [0.1, 0.15) is 146 Å². The van der Waals surface area contributed by atoms with E-state index < -0.39 is 34.1 Å². The first-order chi connectivity index (χ1) is 16.6. The third-order valence-corrected chi connectivity index (χ3v) is 4.27. The minimum Gasteiger partial charge on any atom is -0.289 e. The van der Waals surface area contributed by atoms with Gasteiger partial charge in [-0.3, -0.25) is 4.74 Å². The van der Waals surface area contributed by atoms with Crippen LogP contribution < -0.4 is 0 Å². The summed E-state index contributed by atoms with van der Waals surface area (Å²) in [6.45, 7) is 19.4. The predicted molar refractivity (Wildman–Crippen MR) is 143 cm³/mol. The van der Waals surface area contributed by atoms with Gasteiger partial charge in [0.2, 0.25) is 0 Å². The maximum atomic E-state index is 11.6. The molecule has 36 heavy (non-hydrogen) atoms. The number of alkyl halides is 6. The maximum absolute atomic E-state index is 11.6. The zero-order chi connectivity index (χ0) is 30.1. The Hall–Kier alpha value is 0.484. The monoisotopic (exact) mass is 602 g/mol. The molecule has 0 spiro atoms. The van der Waals surface area contributed by atoms with Crippen molar-refractivity contribution in [2.45, 2.75) is 165 Å². The van der Waals surface area contributed by atoms with E-state index in [4.69, 9.17) is 1.28 Å². The molecule has 3 unspecified atom stereocenters. The summed E-state index contributed by atoms with van der Waals surface area (Å²) >= 11 is 0. The van der Waals surface area contributed by atoms with Gasteiger partial charge in [0.25, 0.3) is 0 Å². The summed E-state index contributed by atoms with van der Waals surface area (Å²) in [5, 5.41) is 0. The van der Waals surface area contributed by atoms with Crippen molar-refractivity contribution < 1.29 is 53.8 Å². The molecule has 1 radical (unpaired) electrons. The van der Waals surface area contributed by atoms with E-state index in [0.717, 1.165) is 0 Å². The second-order valence-corrected chi connectivity index (χ2v) is 8.10. The van der Waals surface area contributed by atoms with Gasteiger partial charge in [-0.15, -0.1) is 13.2 Å². The first-order valence-electron chi connectivity index (χ1n) is 13.7. The van der Waals surface area contributed by atoms with Gasteiger partial charge in [0.05, 0.1) is 22.8 Å². The average molecular weight is 603 g/mol. The first-order valence-corrected chi connectivity index (χ1v) is 13.6. The van der Waals surface area contributed by atoms with Gasteiger partial charge < -0.3 is 0 Å². The molecule has 0 N–H and O–H groups in total. The van der Waals surface area contributed by atoms with Gasteiger partial charge in [-0.1, -0.05) is 127 Å². The summed E-state index contributed by atoms with van der Waals surface area (Å²) in [5.41, 5.74) is 0. The fourth-order valence-electron chi connectivity index (χ4n) is 1.79. The van der Waals surface area contributed by atoms with Crippen molar-refractivity contribution in [1.82, 2.24) is 0 Å². The summed E-state index contributed by atoms with van der Waals surface area (Å²) in [4.78, 5) is 0. The molecule has 0 saturated heterocycles. The van der Waals surface area contributed by atoms with Crippen molar-refractivity contribution in [3.8, 4) is 0 Å². The standard InChI is InChI=1S/C6H11F3O.C6H11F3.C6H14.2C4H10.FH2P.V/c1-3-4-5(2)10-6(7,8)9;1-3-4-5(2)6(7,8)9;1-3-5-6-4-2;2*1-3-4-2;1-2;/h5H,3-4H2,1-2H3;5H,3-4H2,1-2H3;3-6H2,1-2H3;2*3-4H2,1-2H3;2H2;/i;;;;;2D;. The van der Waals surface area contributed by atoms with Crippen LogP contribution in [-0.2, 0) is 23.3 Å². The third-order valence-electron chi connectivity index (χ3n) is 4.27. The van der Waals surface area contributed by atoms with Crippen LogP contribution in [0.3, 0.4) is 0 Å². The van der Waals surface area contributed by atoms with Gasteiger partial charge in [0.1, 0.15) is 0 Å². The minimum atomic E-state index is -4.48. The second kappa shape index (κ2) is 42.6. The molecule has 0 aliphatic rings. The number of hydrogen-bond donors (Lipinski definition) is 0. The second-order valence-electron chi connectivity index (χ2n) is 8.10. The molecule has 0 bridgehead atoms. The van der Waals surface area contributed by atoms with E-state index in [0.29, 0.717) is 19.3 Å². The molecule has 1 nitrogen and oxygen atoms in total. The number of halogens is 7. The average Bonchev–Trinajstić information content (AvgIpc) is 2.78. The SMILES string of the molecule is CCCC.CCCC.CCCC(C)C(F)(F)F.CCCC(C)OC(F)(F)F.CCCCCC.[2H]PF.[V]. The predicted octanol–water partition coefficient (Wildman–Crippen LogP) is 12.6. The van der Waals surface area contributed by atoms with Crippen LogP contribution in [0.2, 0.25) is 0 Å². The number of hydrogen-bond acceptors (Lipinski definition) is 1. The van der Waals surface area contributed by atoms with Gasteiger partial charge in [0.15, 0.2) is 0 Å². The molecule has 227 valence electrons. The zero-order valence-electron chi connectivity index (χ0n) is 25.6. The summed E-state index contributed by atoms with van der Waals surface area (Å²) < 4.78 is 88.4. The topological polar surface area (TPSA) is 9.23 Å². The zero-order valence-corrected chi connectivity index (χ0v) is 27.0. The van der Waals surface area contributed by atoms with Crippen LogP contribution in [0.15, 0.2) is 0 Å².